The second kappa shape index (κ2) is 6.23. The molecule has 1 aromatic heterocycles. The predicted molar refractivity (Wildman–Crippen MR) is 89.4 cm³/mol. The molecule has 2 aromatic rings. The van der Waals surface area contributed by atoms with Crippen molar-refractivity contribution in [2.75, 3.05) is 6.54 Å². The second-order valence-electron chi connectivity index (χ2n) is 6.08. The number of nitrogens with zero attached hydrogens (tertiary/aromatic N) is 1. The Labute approximate surface area is 135 Å². The van der Waals surface area contributed by atoms with Crippen molar-refractivity contribution in [1.29, 1.82) is 0 Å². The number of thiophene rings is 1. The number of benzene rings is 1. The number of hydrogen-bond acceptors (Lipinski definition) is 3. The van der Waals surface area contributed by atoms with Gasteiger partial charge in [-0.25, -0.2) is 0 Å². The maximum atomic E-state index is 11.6. The van der Waals surface area contributed by atoms with Crippen molar-refractivity contribution in [3.05, 3.63) is 57.3 Å². The summed E-state index contributed by atoms with van der Waals surface area (Å²) in [7, 11) is 0. The molecule has 0 amide bonds. The van der Waals surface area contributed by atoms with Crippen molar-refractivity contribution in [2.45, 2.75) is 38.8 Å². The van der Waals surface area contributed by atoms with Crippen LogP contribution in [0.25, 0.3) is 0 Å². The van der Waals surface area contributed by atoms with Crippen LogP contribution in [0.4, 0.5) is 0 Å². The summed E-state index contributed by atoms with van der Waals surface area (Å²) in [5.41, 5.74) is 3.64. The first-order chi connectivity index (χ1) is 10.6. The van der Waals surface area contributed by atoms with Crippen LogP contribution >= 0.6 is 11.3 Å². The number of aryl methyl sites for hydroxylation is 2. The first-order valence-electron chi connectivity index (χ1n) is 7.66. The summed E-state index contributed by atoms with van der Waals surface area (Å²) < 4.78 is 0. The van der Waals surface area contributed by atoms with E-state index in [-0.39, 0.29) is 12.1 Å². The highest BCUT2D eigenvalue weighted by Crippen LogP contribution is 2.37. The third kappa shape index (κ3) is 2.94. The number of carbonyl (C=O) groups is 1. The van der Waals surface area contributed by atoms with Crippen molar-refractivity contribution in [1.82, 2.24) is 4.90 Å². The van der Waals surface area contributed by atoms with E-state index in [4.69, 9.17) is 0 Å². The Bertz CT molecular complexity index is 679. The number of hydrogen-bond donors (Lipinski definition) is 1. The second-order valence-corrected chi connectivity index (χ2v) is 7.02. The van der Waals surface area contributed by atoms with E-state index < -0.39 is 5.97 Å². The van der Waals surface area contributed by atoms with Crippen LogP contribution in [0, 0.1) is 13.8 Å². The minimum atomic E-state index is -0.705. The molecule has 1 saturated heterocycles. The van der Waals surface area contributed by atoms with E-state index in [9.17, 15) is 9.90 Å². The van der Waals surface area contributed by atoms with Crippen LogP contribution in [0.1, 0.15) is 40.5 Å². The highest BCUT2D eigenvalue weighted by Gasteiger charge is 2.37. The van der Waals surface area contributed by atoms with Gasteiger partial charge in [0.2, 0.25) is 0 Å². The molecular formula is C18H21NO2S. The molecular weight excluding hydrogens is 294 g/mol. The van der Waals surface area contributed by atoms with E-state index in [2.05, 4.69) is 54.5 Å². The Morgan fingerprint density at radius 1 is 1.32 bits per heavy atom. The molecule has 1 aromatic carbocycles. The first-order valence-corrected chi connectivity index (χ1v) is 8.54. The van der Waals surface area contributed by atoms with Crippen LogP contribution in [0.15, 0.2) is 35.7 Å². The molecule has 22 heavy (non-hydrogen) atoms. The van der Waals surface area contributed by atoms with Crippen molar-refractivity contribution < 1.29 is 9.90 Å². The zero-order valence-corrected chi connectivity index (χ0v) is 13.8. The van der Waals surface area contributed by atoms with Crippen LogP contribution < -0.4 is 0 Å². The van der Waals surface area contributed by atoms with Crippen LogP contribution in [0.3, 0.4) is 0 Å². The standard InChI is InChI=1S/C18H21NO2S/c1-12-5-3-6-14(9-12)17(16-10-13(2)11-22-16)19-8-4-7-15(19)18(20)21/h3,5-6,9-11,15,17H,4,7-8H2,1-2H3,(H,20,21). The quantitative estimate of drug-likeness (QED) is 0.927. The molecule has 2 heterocycles. The average molecular weight is 315 g/mol. The number of carboxylic acid groups (broad SMARTS) is 1. The summed E-state index contributed by atoms with van der Waals surface area (Å²) in [6.45, 7) is 5.01. The molecule has 0 radical (unpaired) electrons. The summed E-state index contributed by atoms with van der Waals surface area (Å²) in [4.78, 5) is 15.0. The molecule has 3 nitrogen and oxygen atoms in total. The summed E-state index contributed by atoms with van der Waals surface area (Å²) in [5.74, 6) is -0.705. The molecule has 0 spiro atoms. The Balaban J connectivity index is 2.05. The van der Waals surface area contributed by atoms with E-state index in [1.807, 2.05) is 0 Å². The Morgan fingerprint density at radius 3 is 2.77 bits per heavy atom. The van der Waals surface area contributed by atoms with E-state index in [1.54, 1.807) is 11.3 Å². The summed E-state index contributed by atoms with van der Waals surface area (Å²) >= 11 is 1.72. The summed E-state index contributed by atoms with van der Waals surface area (Å²) in [6.07, 6.45) is 1.69. The Morgan fingerprint density at radius 2 is 2.14 bits per heavy atom. The Hall–Kier alpha value is -1.65. The fourth-order valence-electron chi connectivity index (χ4n) is 3.32. The third-order valence-corrected chi connectivity index (χ3v) is 5.39. The highest BCUT2D eigenvalue weighted by atomic mass is 32.1. The van der Waals surface area contributed by atoms with Crippen LogP contribution in [-0.4, -0.2) is 28.6 Å². The Kier molecular flexibility index (Phi) is 4.32. The number of rotatable bonds is 4. The lowest BCUT2D eigenvalue weighted by Crippen LogP contribution is -2.39. The van der Waals surface area contributed by atoms with Gasteiger partial charge in [0.1, 0.15) is 6.04 Å². The summed E-state index contributed by atoms with van der Waals surface area (Å²) in [6, 6.07) is 10.3. The van der Waals surface area contributed by atoms with Gasteiger partial charge in [0.05, 0.1) is 6.04 Å². The molecule has 4 heteroatoms. The first kappa shape index (κ1) is 15.3. The minimum Gasteiger partial charge on any atom is -0.480 e. The highest BCUT2D eigenvalue weighted by molar-refractivity contribution is 7.10. The maximum absolute atomic E-state index is 11.6. The monoisotopic (exact) mass is 315 g/mol. The van der Waals surface area contributed by atoms with Gasteiger partial charge in [0.25, 0.3) is 0 Å². The van der Waals surface area contributed by atoms with Crippen LogP contribution in [0.2, 0.25) is 0 Å². The molecule has 2 atom stereocenters. The molecule has 0 bridgehead atoms. The maximum Gasteiger partial charge on any atom is 0.320 e. The lowest BCUT2D eigenvalue weighted by Gasteiger charge is -2.31. The fraction of sp³-hybridized carbons (Fsp3) is 0.389. The SMILES string of the molecule is Cc1cccc(C(c2cc(C)cs2)N2CCCC2C(=O)O)c1. The van der Waals surface area contributed by atoms with Crippen molar-refractivity contribution in [3.8, 4) is 0 Å². The van der Waals surface area contributed by atoms with E-state index in [1.165, 1.54) is 21.6 Å². The lowest BCUT2D eigenvalue weighted by atomic mass is 10.00. The topological polar surface area (TPSA) is 40.5 Å². The van der Waals surface area contributed by atoms with E-state index >= 15 is 0 Å². The largest absolute Gasteiger partial charge is 0.480 e. The fourth-order valence-corrected chi connectivity index (χ4v) is 4.36. The average Bonchev–Trinajstić information content (AvgIpc) is 3.09. The number of carboxylic acids is 1. The van der Waals surface area contributed by atoms with Gasteiger partial charge in [-0.3, -0.25) is 9.69 Å². The van der Waals surface area contributed by atoms with Gasteiger partial charge >= 0.3 is 5.97 Å². The normalized spacial score (nSPS) is 20.2. The van der Waals surface area contributed by atoms with Gasteiger partial charge in [-0.1, -0.05) is 29.8 Å². The van der Waals surface area contributed by atoms with Gasteiger partial charge in [-0.05, 0) is 49.3 Å². The van der Waals surface area contributed by atoms with E-state index in [0.29, 0.717) is 0 Å². The lowest BCUT2D eigenvalue weighted by molar-refractivity contribution is -0.142. The third-order valence-electron chi connectivity index (χ3n) is 4.29. The van der Waals surface area contributed by atoms with Crippen molar-refractivity contribution in [2.24, 2.45) is 0 Å². The zero-order chi connectivity index (χ0) is 15.7. The molecule has 116 valence electrons. The van der Waals surface area contributed by atoms with Crippen molar-refractivity contribution in [3.63, 3.8) is 0 Å². The molecule has 0 aliphatic carbocycles. The zero-order valence-electron chi connectivity index (χ0n) is 13.0. The van der Waals surface area contributed by atoms with Crippen molar-refractivity contribution >= 4 is 17.3 Å². The molecule has 1 aliphatic rings. The molecule has 3 rings (SSSR count). The number of aliphatic carboxylic acids is 1. The molecule has 2 unspecified atom stereocenters. The molecule has 0 saturated carbocycles. The van der Waals surface area contributed by atoms with Gasteiger partial charge < -0.3 is 5.11 Å². The summed E-state index contributed by atoms with van der Waals surface area (Å²) in [5, 5.41) is 11.7. The van der Waals surface area contributed by atoms with Gasteiger partial charge in [0, 0.05) is 11.4 Å². The van der Waals surface area contributed by atoms with E-state index in [0.717, 1.165) is 19.4 Å². The molecule has 1 fully saturated rings. The molecule has 1 N–H and O–H groups in total. The van der Waals surface area contributed by atoms with Crippen LogP contribution in [0.5, 0.6) is 0 Å². The predicted octanol–water partition coefficient (Wildman–Crippen LogP) is 4.00. The van der Waals surface area contributed by atoms with Gasteiger partial charge in [-0.2, -0.15) is 0 Å². The van der Waals surface area contributed by atoms with Gasteiger partial charge in [-0.15, -0.1) is 11.3 Å². The van der Waals surface area contributed by atoms with Gasteiger partial charge in [0.15, 0.2) is 0 Å². The minimum absolute atomic E-state index is 0.0437. The van der Waals surface area contributed by atoms with Crippen LogP contribution in [-0.2, 0) is 4.79 Å². The number of likely N-dealkylation sites (tertiary alicyclic amines) is 1. The smallest absolute Gasteiger partial charge is 0.320 e. The molecule has 1 aliphatic heterocycles.